The molecule has 1 aliphatic heterocycles. The normalized spacial score (nSPS) is 30.1. The highest BCUT2D eigenvalue weighted by molar-refractivity contribution is 7.48. The Labute approximate surface area is 84.7 Å². The van der Waals surface area contributed by atoms with Gasteiger partial charge in [0.05, 0.1) is 0 Å². The van der Waals surface area contributed by atoms with E-state index in [-0.39, 0.29) is 11.9 Å². The van der Waals surface area contributed by atoms with Crippen LogP contribution in [0.1, 0.15) is 19.8 Å². The summed E-state index contributed by atoms with van der Waals surface area (Å²) in [4.78, 5) is 11.6. The number of rotatable bonds is 2. The van der Waals surface area contributed by atoms with E-state index in [1.165, 1.54) is 0 Å². The second-order valence-electron chi connectivity index (χ2n) is 3.34. The van der Waals surface area contributed by atoms with Gasteiger partial charge in [-0.1, -0.05) is 19.1 Å². The van der Waals surface area contributed by atoms with Crippen molar-refractivity contribution < 1.29 is 13.8 Å². The molecule has 14 heavy (non-hydrogen) atoms. The molecule has 3 nitrogen and oxygen atoms in total. The summed E-state index contributed by atoms with van der Waals surface area (Å²) in [5, 5.41) is 0. The lowest BCUT2D eigenvalue weighted by molar-refractivity contribution is -0.140. The van der Waals surface area contributed by atoms with E-state index in [4.69, 9.17) is 9.05 Å². The first kappa shape index (κ1) is 9.72. The zero-order valence-electron chi connectivity index (χ0n) is 8.10. The minimum atomic E-state index is -1.01. The first-order valence-electron chi connectivity index (χ1n) is 4.85. The van der Waals surface area contributed by atoms with Crippen LogP contribution in [0.5, 0.6) is 0 Å². The van der Waals surface area contributed by atoms with Crippen molar-refractivity contribution in [2.24, 2.45) is 5.92 Å². The summed E-state index contributed by atoms with van der Waals surface area (Å²) >= 11 is 0. The smallest absolute Gasteiger partial charge is 0.322 e. The molecule has 0 N–H and O–H groups in total. The monoisotopic (exact) mass is 212 g/mol. The van der Waals surface area contributed by atoms with E-state index in [0.29, 0.717) is 6.42 Å². The minimum absolute atomic E-state index is 0.119. The van der Waals surface area contributed by atoms with Gasteiger partial charge in [0.25, 0.3) is 8.38 Å². The molecule has 1 aliphatic carbocycles. The van der Waals surface area contributed by atoms with Gasteiger partial charge >= 0.3 is 5.97 Å². The molecule has 0 aromatic heterocycles. The van der Waals surface area contributed by atoms with Gasteiger partial charge in [-0.3, -0.25) is 4.79 Å². The third-order valence-electron chi connectivity index (χ3n) is 2.20. The lowest BCUT2D eigenvalue weighted by Gasteiger charge is -2.30. The van der Waals surface area contributed by atoms with Crippen molar-refractivity contribution in [3.8, 4) is 0 Å². The van der Waals surface area contributed by atoms with Crippen LogP contribution in [-0.4, -0.2) is 12.1 Å². The van der Waals surface area contributed by atoms with Crippen molar-refractivity contribution in [2.75, 3.05) is 6.16 Å². The molecule has 0 aromatic carbocycles. The summed E-state index contributed by atoms with van der Waals surface area (Å²) in [6.45, 7) is 2.06. The number of fused-ring (bicyclic) bond motifs is 1. The molecular weight excluding hydrogens is 199 g/mol. The van der Waals surface area contributed by atoms with Crippen LogP contribution >= 0.6 is 8.38 Å². The molecule has 1 fully saturated rings. The molecule has 0 amide bonds. The van der Waals surface area contributed by atoms with Crippen LogP contribution in [0.3, 0.4) is 0 Å². The van der Waals surface area contributed by atoms with E-state index in [2.05, 4.69) is 6.92 Å². The van der Waals surface area contributed by atoms with E-state index in [9.17, 15) is 4.79 Å². The van der Waals surface area contributed by atoms with Crippen molar-refractivity contribution in [1.82, 2.24) is 0 Å². The molecule has 2 rings (SSSR count). The fraction of sp³-hybridized carbons (Fsp3) is 0.500. The van der Waals surface area contributed by atoms with Gasteiger partial charge in [0.1, 0.15) is 11.7 Å². The van der Waals surface area contributed by atoms with Gasteiger partial charge < -0.3 is 9.05 Å². The molecule has 0 aromatic rings. The van der Waals surface area contributed by atoms with Crippen LogP contribution < -0.4 is 0 Å². The molecule has 76 valence electrons. The second-order valence-corrected chi connectivity index (χ2v) is 4.82. The van der Waals surface area contributed by atoms with Gasteiger partial charge in [-0.15, -0.1) is 0 Å². The highest BCUT2D eigenvalue weighted by Crippen LogP contribution is 2.49. The van der Waals surface area contributed by atoms with E-state index < -0.39 is 8.38 Å². The summed E-state index contributed by atoms with van der Waals surface area (Å²) < 4.78 is 10.9. The standard InChI is InChI=1S/C10H13O3P/c1-2-7-14-12-9-6-4-3-5-8(9)10(11)13-14/h3-4,6,8H,2,5,7H2,1H3. The molecular formula is C10H13O3P. The average Bonchev–Trinajstić information content (AvgIpc) is 2.18. The largest absolute Gasteiger partial charge is 0.442 e. The SMILES string of the molecule is CCCP1OC(=O)C2CC=CC=C2O1. The van der Waals surface area contributed by atoms with Crippen LogP contribution in [0.2, 0.25) is 0 Å². The Kier molecular flexibility index (Phi) is 2.87. The average molecular weight is 212 g/mol. The summed E-state index contributed by atoms with van der Waals surface area (Å²) in [7, 11) is -1.01. The van der Waals surface area contributed by atoms with Crippen LogP contribution in [-0.2, 0) is 13.8 Å². The maximum absolute atomic E-state index is 11.6. The molecule has 0 radical (unpaired) electrons. The lowest BCUT2D eigenvalue weighted by atomic mass is 9.99. The van der Waals surface area contributed by atoms with Gasteiger partial charge in [-0.05, 0) is 18.9 Å². The van der Waals surface area contributed by atoms with Gasteiger partial charge in [0.2, 0.25) is 0 Å². The van der Waals surface area contributed by atoms with E-state index >= 15 is 0 Å². The number of carbonyl (C=O) groups is 1. The van der Waals surface area contributed by atoms with Crippen molar-refractivity contribution >= 4 is 14.3 Å². The topological polar surface area (TPSA) is 35.5 Å². The summed E-state index contributed by atoms with van der Waals surface area (Å²) in [6, 6.07) is 0. The van der Waals surface area contributed by atoms with Gasteiger partial charge in [0.15, 0.2) is 0 Å². The van der Waals surface area contributed by atoms with Gasteiger partial charge in [-0.25, -0.2) is 0 Å². The summed E-state index contributed by atoms with van der Waals surface area (Å²) in [5.74, 6) is 0.491. The molecule has 4 heteroatoms. The third-order valence-corrected chi connectivity index (χ3v) is 3.81. The predicted octanol–water partition coefficient (Wildman–Crippen LogP) is 2.74. The van der Waals surface area contributed by atoms with Gasteiger partial charge in [-0.2, -0.15) is 0 Å². The Balaban J connectivity index is 2.10. The maximum Gasteiger partial charge on any atom is 0.322 e. The Morgan fingerprint density at radius 1 is 1.57 bits per heavy atom. The molecule has 2 atom stereocenters. The number of carbonyl (C=O) groups excluding carboxylic acids is 1. The first-order valence-corrected chi connectivity index (χ1v) is 6.21. The van der Waals surface area contributed by atoms with E-state index in [1.54, 1.807) is 0 Å². The number of hydrogen-bond donors (Lipinski definition) is 0. The molecule has 1 heterocycles. The Morgan fingerprint density at radius 3 is 3.21 bits per heavy atom. The number of allylic oxidation sites excluding steroid dienone is 3. The van der Waals surface area contributed by atoms with Crippen molar-refractivity contribution in [1.29, 1.82) is 0 Å². The summed E-state index contributed by atoms with van der Waals surface area (Å²) in [6.07, 6.45) is 8.29. The van der Waals surface area contributed by atoms with Crippen LogP contribution in [0.4, 0.5) is 0 Å². The number of hydrogen-bond acceptors (Lipinski definition) is 3. The minimum Gasteiger partial charge on any atom is -0.442 e. The molecule has 1 saturated heterocycles. The fourth-order valence-electron chi connectivity index (χ4n) is 1.49. The molecule has 2 aliphatic rings. The van der Waals surface area contributed by atoms with Crippen molar-refractivity contribution in [2.45, 2.75) is 19.8 Å². The molecule has 0 spiro atoms. The highest BCUT2D eigenvalue weighted by Gasteiger charge is 2.36. The van der Waals surface area contributed by atoms with Crippen molar-refractivity contribution in [3.05, 3.63) is 24.0 Å². The second kappa shape index (κ2) is 4.14. The Hall–Kier alpha value is -0.820. The van der Waals surface area contributed by atoms with Crippen LogP contribution in [0, 0.1) is 5.92 Å². The predicted molar refractivity (Wildman–Crippen MR) is 54.6 cm³/mol. The lowest BCUT2D eigenvalue weighted by Crippen LogP contribution is -2.25. The van der Waals surface area contributed by atoms with Crippen molar-refractivity contribution in [3.63, 3.8) is 0 Å². The highest BCUT2D eigenvalue weighted by atomic mass is 31.2. The zero-order chi connectivity index (χ0) is 9.97. The zero-order valence-corrected chi connectivity index (χ0v) is 9.00. The third kappa shape index (κ3) is 1.83. The van der Waals surface area contributed by atoms with Gasteiger partial charge in [0, 0.05) is 6.16 Å². The Bertz CT molecular complexity index is 296. The van der Waals surface area contributed by atoms with Crippen LogP contribution in [0.25, 0.3) is 0 Å². The molecule has 2 unspecified atom stereocenters. The first-order chi connectivity index (χ1) is 6.81. The molecule has 0 bridgehead atoms. The Morgan fingerprint density at radius 2 is 2.43 bits per heavy atom. The quantitative estimate of drug-likeness (QED) is 0.660. The van der Waals surface area contributed by atoms with E-state index in [0.717, 1.165) is 18.3 Å². The van der Waals surface area contributed by atoms with E-state index in [1.807, 2.05) is 18.2 Å². The maximum atomic E-state index is 11.6. The fourth-order valence-corrected chi connectivity index (χ4v) is 2.83. The molecule has 0 saturated carbocycles. The summed E-state index contributed by atoms with van der Waals surface area (Å²) in [5.41, 5.74) is 0. The van der Waals surface area contributed by atoms with Crippen LogP contribution in [0.15, 0.2) is 24.0 Å².